The Hall–Kier alpha value is -1.11. The summed E-state index contributed by atoms with van der Waals surface area (Å²) in [6.45, 7) is 4.21. The average Bonchev–Trinajstić information content (AvgIpc) is 2.29. The molecule has 0 spiro atoms. The van der Waals surface area contributed by atoms with Crippen LogP contribution < -0.4 is 0 Å². The van der Waals surface area contributed by atoms with Crippen molar-refractivity contribution in [3.63, 3.8) is 0 Å². The molecule has 0 aromatic heterocycles. The Labute approximate surface area is 127 Å². The number of rotatable bonds is 0. The van der Waals surface area contributed by atoms with Crippen molar-refractivity contribution >= 4 is 30.3 Å². The summed E-state index contributed by atoms with van der Waals surface area (Å²) in [5.74, 6) is 2.28. The maximum atomic E-state index is 6.69. The Morgan fingerprint density at radius 3 is 1.89 bits per heavy atom. The Morgan fingerprint density at radius 2 is 1.56 bits per heavy atom. The van der Waals surface area contributed by atoms with Crippen LogP contribution in [0, 0.1) is 12.3 Å². The molecule has 0 bridgehead atoms. The maximum Gasteiger partial charge on any atom is 2.00 e. The van der Waals surface area contributed by atoms with Crippen LogP contribution in [0.15, 0.2) is 53.7 Å². The average molecular weight is 245 g/mol. The SMILES string of the molecule is CC1=CN(C)C=C(C)[B-]1.[C-]#Cc1ccccc1.[Mg+2]. The Bertz CT molecular complexity index is 439. The van der Waals surface area contributed by atoms with Gasteiger partial charge in [-0.05, 0) is 12.4 Å². The van der Waals surface area contributed by atoms with Crippen LogP contribution in [0.2, 0.25) is 0 Å². The predicted octanol–water partition coefficient (Wildman–Crippen LogP) is 2.60. The first kappa shape index (κ1) is 16.9. The topological polar surface area (TPSA) is 3.24 Å². The molecule has 1 aromatic carbocycles. The molecule has 1 aliphatic heterocycles. The number of benzene rings is 1. The minimum absolute atomic E-state index is 0. The Morgan fingerprint density at radius 1 is 1.06 bits per heavy atom. The molecule has 1 heterocycles. The zero-order valence-electron chi connectivity index (χ0n) is 11.3. The third kappa shape index (κ3) is 6.58. The first-order valence-electron chi connectivity index (χ1n) is 5.53. The molecule has 86 valence electrons. The van der Waals surface area contributed by atoms with Gasteiger partial charge in [-0.3, -0.25) is 24.1 Å². The molecule has 3 heteroatoms. The minimum Gasteiger partial charge on any atom is -0.366 e. The van der Waals surface area contributed by atoms with Gasteiger partial charge in [0.05, 0.1) is 0 Å². The van der Waals surface area contributed by atoms with Crippen LogP contribution in [0.4, 0.5) is 0 Å². The van der Waals surface area contributed by atoms with Gasteiger partial charge < -0.3 is 11.3 Å². The van der Waals surface area contributed by atoms with Crippen LogP contribution >= 0.6 is 0 Å². The van der Waals surface area contributed by atoms with E-state index in [-0.39, 0.29) is 23.1 Å². The van der Waals surface area contributed by atoms with E-state index in [4.69, 9.17) is 6.42 Å². The van der Waals surface area contributed by atoms with Crippen molar-refractivity contribution in [2.75, 3.05) is 7.05 Å². The van der Waals surface area contributed by atoms with Crippen molar-refractivity contribution in [3.05, 3.63) is 65.7 Å². The summed E-state index contributed by atoms with van der Waals surface area (Å²) in [4.78, 5) is 2.07. The molecule has 0 fully saturated rings. The van der Waals surface area contributed by atoms with Gasteiger partial charge in [0.2, 0.25) is 0 Å². The second-order valence-corrected chi connectivity index (χ2v) is 4.05. The summed E-state index contributed by atoms with van der Waals surface area (Å²) < 4.78 is 0. The minimum atomic E-state index is 0. The van der Waals surface area contributed by atoms with E-state index in [1.165, 1.54) is 10.9 Å². The molecule has 2 radical (unpaired) electrons. The van der Waals surface area contributed by atoms with Gasteiger partial charge in [0.1, 0.15) is 0 Å². The smallest absolute Gasteiger partial charge is 0.366 e. The molecule has 0 unspecified atom stereocenters. The standard InChI is InChI=1S/C8H5.C7H11BN.Mg/c1-2-8-6-4-3-5-7-8;1-6-4-9(3)5-7(2)8-6;/h3-7H;4-5H,1-3H3;/q2*-1;+2. The molecule has 1 nitrogen and oxygen atoms in total. The predicted molar refractivity (Wildman–Crippen MR) is 79.5 cm³/mol. The van der Waals surface area contributed by atoms with E-state index in [1.54, 1.807) is 0 Å². The summed E-state index contributed by atoms with van der Waals surface area (Å²) >= 11 is 0. The van der Waals surface area contributed by atoms with Crippen LogP contribution in [-0.4, -0.2) is 42.3 Å². The monoisotopic (exact) mass is 245 g/mol. The Balaban J connectivity index is 0.000000306. The maximum absolute atomic E-state index is 6.69. The van der Waals surface area contributed by atoms with Gasteiger partial charge >= 0.3 is 23.1 Å². The largest absolute Gasteiger partial charge is 2.00 e. The molecule has 0 aliphatic carbocycles. The molecular weight excluding hydrogens is 229 g/mol. The molecule has 1 aromatic rings. The van der Waals surface area contributed by atoms with Crippen molar-refractivity contribution in [1.82, 2.24) is 4.90 Å². The van der Waals surface area contributed by atoms with E-state index in [9.17, 15) is 0 Å². The number of hydrogen-bond donors (Lipinski definition) is 0. The Kier molecular flexibility index (Phi) is 8.36. The fourth-order valence-electron chi connectivity index (χ4n) is 1.63. The molecule has 0 amide bonds. The van der Waals surface area contributed by atoms with E-state index in [1.807, 2.05) is 37.4 Å². The third-order valence-electron chi connectivity index (χ3n) is 2.19. The molecular formula is C15H16BMgN. The van der Waals surface area contributed by atoms with Gasteiger partial charge in [-0.15, -0.1) is 17.7 Å². The van der Waals surface area contributed by atoms with E-state index >= 15 is 0 Å². The second-order valence-electron chi connectivity index (χ2n) is 4.05. The zero-order valence-corrected chi connectivity index (χ0v) is 12.7. The molecule has 18 heavy (non-hydrogen) atoms. The van der Waals surface area contributed by atoms with Crippen LogP contribution in [0.3, 0.4) is 0 Å². The van der Waals surface area contributed by atoms with E-state index in [0.717, 1.165) is 5.56 Å². The molecule has 1 aliphatic rings. The summed E-state index contributed by atoms with van der Waals surface area (Å²) in [5.41, 5.74) is 3.46. The van der Waals surface area contributed by atoms with Gasteiger partial charge in [-0.2, -0.15) is 0 Å². The molecule has 0 saturated heterocycles. The number of nitrogens with zero attached hydrogens (tertiary/aromatic N) is 1. The van der Waals surface area contributed by atoms with Gasteiger partial charge in [0.25, 0.3) is 0 Å². The fraction of sp³-hybridized carbons (Fsp3) is 0.200. The first-order valence-corrected chi connectivity index (χ1v) is 5.53. The number of allylic oxidation sites excluding steroid dienone is 2. The van der Waals surface area contributed by atoms with Crippen molar-refractivity contribution < 1.29 is 0 Å². The van der Waals surface area contributed by atoms with Crippen LogP contribution in [-0.2, 0) is 0 Å². The molecule has 0 saturated carbocycles. The summed E-state index contributed by atoms with van der Waals surface area (Å²) in [7, 11) is 4.21. The van der Waals surface area contributed by atoms with Crippen molar-refractivity contribution in [1.29, 1.82) is 0 Å². The van der Waals surface area contributed by atoms with E-state index in [0.29, 0.717) is 0 Å². The molecule has 2 rings (SSSR count). The third-order valence-corrected chi connectivity index (χ3v) is 2.19. The number of hydrogen-bond acceptors (Lipinski definition) is 1. The van der Waals surface area contributed by atoms with Crippen LogP contribution in [0.5, 0.6) is 0 Å². The van der Waals surface area contributed by atoms with Gasteiger partial charge in [-0.25, -0.2) is 0 Å². The van der Waals surface area contributed by atoms with Crippen molar-refractivity contribution in [2.45, 2.75) is 13.8 Å². The molecule has 0 atom stereocenters. The van der Waals surface area contributed by atoms with Crippen LogP contribution in [0.25, 0.3) is 0 Å². The second kappa shape index (κ2) is 8.91. The van der Waals surface area contributed by atoms with Crippen molar-refractivity contribution in [3.8, 4) is 5.92 Å². The summed E-state index contributed by atoms with van der Waals surface area (Å²) in [6.07, 6.45) is 10.9. The quantitative estimate of drug-likeness (QED) is 0.386. The van der Waals surface area contributed by atoms with Crippen LogP contribution in [0.1, 0.15) is 19.4 Å². The van der Waals surface area contributed by atoms with Crippen molar-refractivity contribution in [2.24, 2.45) is 0 Å². The fourth-order valence-corrected chi connectivity index (χ4v) is 1.63. The van der Waals surface area contributed by atoms with Gasteiger partial charge in [0.15, 0.2) is 0 Å². The summed E-state index contributed by atoms with van der Waals surface area (Å²) in [5, 5.41) is 0. The zero-order chi connectivity index (χ0) is 12.7. The first-order chi connectivity index (χ1) is 8.11. The van der Waals surface area contributed by atoms with Gasteiger partial charge in [0, 0.05) is 7.05 Å². The van der Waals surface area contributed by atoms with E-state index < -0.39 is 0 Å². The van der Waals surface area contributed by atoms with Gasteiger partial charge in [-0.1, -0.05) is 32.0 Å². The van der Waals surface area contributed by atoms with E-state index in [2.05, 4.69) is 44.3 Å². The molecule has 0 N–H and O–H groups in total. The normalized spacial score (nSPS) is 13.1. The summed E-state index contributed by atoms with van der Waals surface area (Å²) in [6, 6.07) is 9.37.